The fourth-order valence-electron chi connectivity index (χ4n) is 3.75. The molecule has 0 spiro atoms. The smallest absolute Gasteiger partial charge is 0.234 e. The summed E-state index contributed by atoms with van der Waals surface area (Å²) in [6.45, 7) is 6.38. The van der Waals surface area contributed by atoms with Crippen molar-refractivity contribution in [1.82, 2.24) is 14.8 Å². The van der Waals surface area contributed by atoms with E-state index in [1.54, 1.807) is 7.11 Å². The van der Waals surface area contributed by atoms with E-state index in [0.717, 1.165) is 22.5 Å². The first kappa shape index (κ1) is 24.8. The lowest BCUT2D eigenvalue weighted by Gasteiger charge is -2.23. The number of carbonyl (C=O) groups excluding carboxylic acids is 1. The molecule has 4 rings (SSSR count). The van der Waals surface area contributed by atoms with Crippen LogP contribution in [0.2, 0.25) is 5.02 Å². The van der Waals surface area contributed by atoms with Gasteiger partial charge in [-0.05, 0) is 53.4 Å². The summed E-state index contributed by atoms with van der Waals surface area (Å²) in [4.78, 5) is 12.9. The van der Waals surface area contributed by atoms with E-state index in [0.29, 0.717) is 21.8 Å². The topological polar surface area (TPSA) is 69.0 Å². The summed E-state index contributed by atoms with van der Waals surface area (Å²) in [6.07, 6.45) is 0. The van der Waals surface area contributed by atoms with Crippen molar-refractivity contribution in [2.24, 2.45) is 0 Å². The lowest BCUT2D eigenvalue weighted by Crippen LogP contribution is -2.20. The molecule has 1 aromatic heterocycles. The lowest BCUT2D eigenvalue weighted by molar-refractivity contribution is -0.113. The summed E-state index contributed by atoms with van der Waals surface area (Å²) in [5.74, 6) is 1.36. The van der Waals surface area contributed by atoms with Crippen molar-refractivity contribution < 1.29 is 9.53 Å². The molecule has 0 fully saturated rings. The minimum absolute atomic E-state index is 0.0879. The van der Waals surface area contributed by atoms with Crippen LogP contribution in [-0.2, 0) is 10.2 Å². The summed E-state index contributed by atoms with van der Waals surface area (Å²) in [6, 6.07) is 22.9. The van der Waals surface area contributed by atoms with Crippen LogP contribution in [0, 0.1) is 0 Å². The zero-order valence-electron chi connectivity index (χ0n) is 20.1. The number of nitrogens with one attached hydrogen (secondary N) is 1. The van der Waals surface area contributed by atoms with Crippen LogP contribution in [0.4, 0.5) is 5.69 Å². The molecule has 0 aliphatic carbocycles. The standard InChI is InChI=1S/C27H27ClN4O2S/c1-27(2,3)21-10-6-7-11-22(21)29-24(33)17-35-26-31-30-25(20-9-5-8-12-23(20)34-4)32(26)19-15-13-18(28)14-16-19/h5-16H,17H2,1-4H3,(H,29,33). The SMILES string of the molecule is COc1ccccc1-c1nnc(SCC(=O)Nc2ccccc2C(C)(C)C)n1-c1ccc(Cl)cc1. The van der Waals surface area contributed by atoms with E-state index in [2.05, 4.69) is 36.3 Å². The lowest BCUT2D eigenvalue weighted by atomic mass is 9.86. The van der Waals surface area contributed by atoms with Gasteiger partial charge in [0.2, 0.25) is 5.91 Å². The van der Waals surface area contributed by atoms with E-state index in [1.165, 1.54) is 11.8 Å². The number of methoxy groups -OCH3 is 1. The van der Waals surface area contributed by atoms with E-state index in [9.17, 15) is 4.79 Å². The molecule has 1 amide bonds. The van der Waals surface area contributed by atoms with E-state index in [-0.39, 0.29) is 17.1 Å². The molecule has 3 aromatic carbocycles. The molecule has 1 N–H and O–H groups in total. The van der Waals surface area contributed by atoms with Crippen molar-refractivity contribution in [2.45, 2.75) is 31.3 Å². The van der Waals surface area contributed by atoms with Gasteiger partial charge in [-0.15, -0.1) is 10.2 Å². The number of rotatable bonds is 7. The van der Waals surface area contributed by atoms with Gasteiger partial charge in [-0.3, -0.25) is 9.36 Å². The molecule has 0 saturated heterocycles. The molecule has 6 nitrogen and oxygen atoms in total. The Hall–Kier alpha value is -3.29. The minimum Gasteiger partial charge on any atom is -0.496 e. The van der Waals surface area contributed by atoms with Gasteiger partial charge in [0.05, 0.1) is 18.4 Å². The van der Waals surface area contributed by atoms with Gasteiger partial charge >= 0.3 is 0 Å². The Labute approximate surface area is 214 Å². The Bertz CT molecular complexity index is 1330. The molecule has 0 unspecified atom stereocenters. The van der Waals surface area contributed by atoms with Gasteiger partial charge < -0.3 is 10.1 Å². The third kappa shape index (κ3) is 5.69. The van der Waals surface area contributed by atoms with Crippen LogP contribution in [0.1, 0.15) is 26.3 Å². The number of aromatic nitrogens is 3. The second kappa shape index (κ2) is 10.5. The fraction of sp³-hybridized carbons (Fsp3) is 0.222. The number of benzene rings is 3. The van der Waals surface area contributed by atoms with Crippen LogP contribution < -0.4 is 10.1 Å². The predicted octanol–water partition coefficient (Wildman–Crippen LogP) is 6.62. The molecular formula is C27H27ClN4O2S. The van der Waals surface area contributed by atoms with Crippen LogP contribution >= 0.6 is 23.4 Å². The quantitative estimate of drug-likeness (QED) is 0.285. The van der Waals surface area contributed by atoms with Gasteiger partial charge in [-0.25, -0.2) is 0 Å². The Morgan fingerprint density at radius 3 is 2.40 bits per heavy atom. The predicted molar refractivity (Wildman–Crippen MR) is 143 cm³/mol. The summed E-state index contributed by atoms with van der Waals surface area (Å²) < 4.78 is 7.46. The number of hydrogen-bond donors (Lipinski definition) is 1. The van der Waals surface area contributed by atoms with Crippen LogP contribution in [-0.4, -0.2) is 33.5 Å². The summed E-state index contributed by atoms with van der Waals surface area (Å²) >= 11 is 7.44. The number of amides is 1. The highest BCUT2D eigenvalue weighted by molar-refractivity contribution is 7.99. The Kier molecular flexibility index (Phi) is 7.48. The number of nitrogens with zero attached hydrogens (tertiary/aromatic N) is 3. The minimum atomic E-state index is -0.115. The van der Waals surface area contributed by atoms with Gasteiger partial charge in [0.25, 0.3) is 0 Å². The van der Waals surface area contributed by atoms with E-state index < -0.39 is 0 Å². The highest BCUT2D eigenvalue weighted by Gasteiger charge is 2.21. The fourth-order valence-corrected chi connectivity index (χ4v) is 4.63. The normalized spacial score (nSPS) is 11.3. The maximum Gasteiger partial charge on any atom is 0.234 e. The first-order valence-corrected chi connectivity index (χ1v) is 12.5. The Morgan fingerprint density at radius 1 is 1.00 bits per heavy atom. The molecule has 0 radical (unpaired) electrons. The van der Waals surface area contributed by atoms with Crippen molar-refractivity contribution in [3.05, 3.63) is 83.4 Å². The third-order valence-electron chi connectivity index (χ3n) is 5.41. The van der Waals surface area contributed by atoms with Crippen LogP contribution in [0.5, 0.6) is 5.75 Å². The number of halogens is 1. The second-order valence-corrected chi connectivity index (χ2v) is 10.3. The molecule has 0 atom stereocenters. The Balaban J connectivity index is 1.63. The average molecular weight is 507 g/mol. The van der Waals surface area contributed by atoms with E-state index in [1.807, 2.05) is 77.4 Å². The summed E-state index contributed by atoms with van der Waals surface area (Å²) in [5, 5.41) is 13.1. The maximum absolute atomic E-state index is 12.9. The first-order chi connectivity index (χ1) is 16.8. The van der Waals surface area contributed by atoms with Crippen molar-refractivity contribution in [3.8, 4) is 22.8 Å². The number of anilines is 1. The molecule has 1 heterocycles. The molecule has 8 heteroatoms. The largest absolute Gasteiger partial charge is 0.496 e. The zero-order valence-corrected chi connectivity index (χ0v) is 21.7. The third-order valence-corrected chi connectivity index (χ3v) is 6.59. The highest BCUT2D eigenvalue weighted by Crippen LogP contribution is 2.34. The molecule has 0 bridgehead atoms. The number of carbonyl (C=O) groups is 1. The van der Waals surface area contributed by atoms with Crippen molar-refractivity contribution in [2.75, 3.05) is 18.2 Å². The van der Waals surface area contributed by atoms with Crippen molar-refractivity contribution in [1.29, 1.82) is 0 Å². The highest BCUT2D eigenvalue weighted by atomic mass is 35.5. The van der Waals surface area contributed by atoms with Gasteiger partial charge in [0, 0.05) is 16.4 Å². The van der Waals surface area contributed by atoms with Gasteiger partial charge in [-0.2, -0.15) is 0 Å². The van der Waals surface area contributed by atoms with E-state index >= 15 is 0 Å². The maximum atomic E-state index is 12.9. The summed E-state index contributed by atoms with van der Waals surface area (Å²) in [5.41, 5.74) is 3.45. The van der Waals surface area contributed by atoms with Crippen molar-refractivity contribution in [3.63, 3.8) is 0 Å². The second-order valence-electron chi connectivity index (χ2n) is 8.95. The number of para-hydroxylation sites is 2. The monoisotopic (exact) mass is 506 g/mol. The van der Waals surface area contributed by atoms with Crippen molar-refractivity contribution >= 4 is 35.0 Å². The molecule has 0 saturated carbocycles. The molecule has 0 aliphatic rings. The van der Waals surface area contributed by atoms with E-state index in [4.69, 9.17) is 16.3 Å². The first-order valence-electron chi connectivity index (χ1n) is 11.1. The van der Waals surface area contributed by atoms with Crippen LogP contribution in [0.25, 0.3) is 17.1 Å². The molecular weight excluding hydrogens is 480 g/mol. The average Bonchev–Trinajstić information content (AvgIpc) is 3.26. The molecule has 180 valence electrons. The Morgan fingerprint density at radius 2 is 1.69 bits per heavy atom. The number of hydrogen-bond acceptors (Lipinski definition) is 5. The van der Waals surface area contributed by atoms with Gasteiger partial charge in [-0.1, -0.05) is 74.5 Å². The van der Waals surface area contributed by atoms with Gasteiger partial charge in [0.15, 0.2) is 11.0 Å². The summed E-state index contributed by atoms with van der Waals surface area (Å²) in [7, 11) is 1.62. The van der Waals surface area contributed by atoms with Crippen LogP contribution in [0.15, 0.2) is 78.0 Å². The van der Waals surface area contributed by atoms with Crippen LogP contribution in [0.3, 0.4) is 0 Å². The number of ether oxygens (including phenoxy) is 1. The molecule has 35 heavy (non-hydrogen) atoms. The zero-order chi connectivity index (χ0) is 25.0. The van der Waals surface area contributed by atoms with Gasteiger partial charge in [0.1, 0.15) is 5.75 Å². The molecule has 0 aliphatic heterocycles. The number of thioether (sulfide) groups is 1. The molecule has 4 aromatic rings.